The molecule has 0 atom stereocenters. The van der Waals surface area contributed by atoms with Crippen molar-refractivity contribution >= 4 is 23.0 Å². The molecule has 3 aromatic heterocycles. The number of aliphatic hydroxyl groups is 1. The van der Waals surface area contributed by atoms with Crippen molar-refractivity contribution < 1.29 is 5.11 Å². The minimum absolute atomic E-state index is 0.143. The van der Waals surface area contributed by atoms with Crippen molar-refractivity contribution in [3.63, 3.8) is 0 Å². The molecule has 0 spiro atoms. The van der Waals surface area contributed by atoms with E-state index in [4.69, 9.17) is 4.98 Å². The second kappa shape index (κ2) is 8.12. The lowest BCUT2D eigenvalue weighted by molar-refractivity contribution is 0.0792. The van der Waals surface area contributed by atoms with E-state index < -0.39 is 0 Å². The lowest BCUT2D eigenvalue weighted by Gasteiger charge is -2.28. The van der Waals surface area contributed by atoms with Crippen LogP contribution in [-0.4, -0.2) is 44.2 Å². The van der Waals surface area contributed by atoms with E-state index in [2.05, 4.69) is 20.2 Å². The number of aromatic nitrogens is 3. The number of hydrogen-bond acceptors (Lipinski definition) is 7. The van der Waals surface area contributed by atoms with Crippen LogP contribution < -0.4 is 5.32 Å². The van der Waals surface area contributed by atoms with Gasteiger partial charge in [0.1, 0.15) is 16.6 Å². The van der Waals surface area contributed by atoms with Crippen LogP contribution in [-0.2, 0) is 6.54 Å². The first-order chi connectivity index (χ1) is 13.2. The van der Waals surface area contributed by atoms with Crippen molar-refractivity contribution in [3.8, 4) is 10.6 Å². The van der Waals surface area contributed by atoms with Crippen molar-refractivity contribution in [2.75, 3.05) is 18.4 Å². The number of nitrogens with zero attached hydrogens (tertiary/aromatic N) is 4. The summed E-state index contributed by atoms with van der Waals surface area (Å²) < 4.78 is 0. The predicted molar refractivity (Wildman–Crippen MR) is 108 cm³/mol. The van der Waals surface area contributed by atoms with Gasteiger partial charge < -0.3 is 10.4 Å². The van der Waals surface area contributed by atoms with Crippen molar-refractivity contribution in [3.05, 3.63) is 53.3 Å². The summed E-state index contributed by atoms with van der Waals surface area (Å²) in [7, 11) is 0. The number of anilines is 2. The highest BCUT2D eigenvalue weighted by atomic mass is 32.1. The second-order valence-corrected chi connectivity index (χ2v) is 7.99. The van der Waals surface area contributed by atoms with Crippen molar-refractivity contribution in [2.45, 2.75) is 32.4 Å². The fourth-order valence-electron chi connectivity index (χ4n) is 3.15. The Bertz CT molecular complexity index is 905. The highest BCUT2D eigenvalue weighted by Crippen LogP contribution is 2.27. The van der Waals surface area contributed by atoms with E-state index in [0.29, 0.717) is 0 Å². The van der Waals surface area contributed by atoms with E-state index in [1.165, 1.54) is 0 Å². The molecule has 1 aliphatic heterocycles. The molecule has 0 bridgehead atoms. The second-order valence-electron chi connectivity index (χ2n) is 6.88. The molecule has 27 heavy (non-hydrogen) atoms. The van der Waals surface area contributed by atoms with Gasteiger partial charge in [0.15, 0.2) is 0 Å². The topological polar surface area (TPSA) is 74.2 Å². The van der Waals surface area contributed by atoms with Crippen molar-refractivity contribution in [2.24, 2.45) is 0 Å². The SMILES string of the molecule is Cc1ccnc(Nc2cccc(-c3cnc(CN4CCC(O)CC4)s3)n2)c1. The van der Waals surface area contributed by atoms with E-state index in [1.54, 1.807) is 17.5 Å². The predicted octanol–water partition coefficient (Wildman–Crippen LogP) is 3.61. The molecule has 4 heterocycles. The Hall–Kier alpha value is -2.35. The Morgan fingerprint density at radius 1 is 1.19 bits per heavy atom. The zero-order valence-electron chi connectivity index (χ0n) is 15.3. The molecule has 140 valence electrons. The van der Waals surface area contributed by atoms with E-state index in [-0.39, 0.29) is 6.10 Å². The summed E-state index contributed by atoms with van der Waals surface area (Å²) in [6, 6.07) is 9.90. The standard InChI is InChI=1S/C20H23N5OS/c1-14-5-8-21-19(11-14)24-18-4-2-3-16(23-18)17-12-22-20(27-17)13-25-9-6-15(26)7-10-25/h2-5,8,11-12,15,26H,6-7,9-10,13H2,1H3,(H,21,23,24). The molecule has 1 fully saturated rings. The molecule has 0 aliphatic carbocycles. The van der Waals surface area contributed by atoms with Crippen LogP contribution in [0, 0.1) is 6.92 Å². The molecule has 3 aromatic rings. The van der Waals surface area contributed by atoms with Gasteiger partial charge in [-0.15, -0.1) is 11.3 Å². The third-order valence-electron chi connectivity index (χ3n) is 4.64. The van der Waals surface area contributed by atoms with Crippen LogP contribution in [0.5, 0.6) is 0 Å². The Balaban J connectivity index is 1.45. The zero-order valence-corrected chi connectivity index (χ0v) is 16.1. The van der Waals surface area contributed by atoms with Gasteiger partial charge >= 0.3 is 0 Å². The molecule has 1 aliphatic rings. The van der Waals surface area contributed by atoms with Gasteiger partial charge in [-0.25, -0.2) is 15.0 Å². The molecule has 4 rings (SSSR count). The highest BCUT2D eigenvalue weighted by Gasteiger charge is 2.18. The molecule has 0 aromatic carbocycles. The molecule has 0 amide bonds. The minimum atomic E-state index is -0.143. The molecular formula is C20H23N5OS. The molecule has 2 N–H and O–H groups in total. The van der Waals surface area contributed by atoms with Crippen LogP contribution in [0.2, 0.25) is 0 Å². The molecule has 0 unspecified atom stereocenters. The number of aliphatic hydroxyl groups excluding tert-OH is 1. The molecule has 6 nitrogen and oxygen atoms in total. The van der Waals surface area contributed by atoms with E-state index in [1.807, 2.05) is 43.5 Å². The smallest absolute Gasteiger partial charge is 0.132 e. The maximum atomic E-state index is 9.63. The maximum Gasteiger partial charge on any atom is 0.132 e. The van der Waals surface area contributed by atoms with Gasteiger partial charge in [0, 0.05) is 25.5 Å². The summed E-state index contributed by atoms with van der Waals surface area (Å²) in [6.07, 6.45) is 5.24. The van der Waals surface area contributed by atoms with Gasteiger partial charge in [-0.1, -0.05) is 6.07 Å². The van der Waals surface area contributed by atoms with Crippen LogP contribution >= 0.6 is 11.3 Å². The average molecular weight is 382 g/mol. The quantitative estimate of drug-likeness (QED) is 0.703. The summed E-state index contributed by atoms with van der Waals surface area (Å²) in [5.74, 6) is 1.56. The Labute approximate surface area is 162 Å². The molecule has 0 saturated carbocycles. The lowest BCUT2D eigenvalue weighted by atomic mass is 10.1. The first kappa shape index (κ1) is 18.0. The fourth-order valence-corrected chi connectivity index (χ4v) is 4.08. The van der Waals surface area contributed by atoms with Crippen molar-refractivity contribution in [1.82, 2.24) is 19.9 Å². The number of pyridine rings is 2. The van der Waals surface area contributed by atoms with Gasteiger partial charge in [0.2, 0.25) is 0 Å². The molecule has 0 radical (unpaired) electrons. The number of piperidine rings is 1. The number of likely N-dealkylation sites (tertiary alicyclic amines) is 1. The number of rotatable bonds is 5. The van der Waals surface area contributed by atoms with Crippen LogP contribution in [0.1, 0.15) is 23.4 Å². The van der Waals surface area contributed by atoms with Crippen LogP contribution in [0.4, 0.5) is 11.6 Å². The Kier molecular flexibility index (Phi) is 5.42. The highest BCUT2D eigenvalue weighted by molar-refractivity contribution is 7.15. The third kappa shape index (κ3) is 4.68. The minimum Gasteiger partial charge on any atom is -0.393 e. The number of hydrogen-bond donors (Lipinski definition) is 2. The van der Waals surface area contributed by atoms with Crippen LogP contribution in [0.15, 0.2) is 42.7 Å². The van der Waals surface area contributed by atoms with E-state index in [9.17, 15) is 5.11 Å². The van der Waals surface area contributed by atoms with Crippen LogP contribution in [0.3, 0.4) is 0 Å². The van der Waals surface area contributed by atoms with Gasteiger partial charge in [-0.2, -0.15) is 0 Å². The maximum absolute atomic E-state index is 9.63. The van der Waals surface area contributed by atoms with Gasteiger partial charge in [0.25, 0.3) is 0 Å². The zero-order chi connectivity index (χ0) is 18.6. The summed E-state index contributed by atoms with van der Waals surface area (Å²) in [6.45, 7) is 4.73. The molecule has 1 saturated heterocycles. The number of aryl methyl sites for hydroxylation is 1. The summed E-state index contributed by atoms with van der Waals surface area (Å²) >= 11 is 1.68. The molecule has 7 heteroatoms. The first-order valence-corrected chi connectivity index (χ1v) is 9.99. The Morgan fingerprint density at radius 3 is 2.85 bits per heavy atom. The first-order valence-electron chi connectivity index (χ1n) is 9.18. The van der Waals surface area contributed by atoms with Crippen molar-refractivity contribution in [1.29, 1.82) is 0 Å². The average Bonchev–Trinajstić information content (AvgIpc) is 3.13. The van der Waals surface area contributed by atoms with E-state index >= 15 is 0 Å². The normalized spacial score (nSPS) is 15.8. The number of thiazole rings is 1. The fraction of sp³-hybridized carbons (Fsp3) is 0.350. The summed E-state index contributed by atoms with van der Waals surface area (Å²) in [5, 5.41) is 14.0. The van der Waals surface area contributed by atoms with Gasteiger partial charge in [-0.05, 0) is 49.6 Å². The third-order valence-corrected chi connectivity index (χ3v) is 5.65. The molecular weight excluding hydrogens is 358 g/mol. The Morgan fingerprint density at radius 2 is 2.04 bits per heavy atom. The van der Waals surface area contributed by atoms with Gasteiger partial charge in [-0.3, -0.25) is 4.90 Å². The van der Waals surface area contributed by atoms with Crippen LogP contribution in [0.25, 0.3) is 10.6 Å². The summed E-state index contributed by atoms with van der Waals surface area (Å²) in [5.41, 5.74) is 2.06. The van der Waals surface area contributed by atoms with Gasteiger partial charge in [0.05, 0.1) is 23.2 Å². The largest absolute Gasteiger partial charge is 0.393 e. The summed E-state index contributed by atoms with van der Waals surface area (Å²) in [4.78, 5) is 17.0. The number of nitrogens with one attached hydrogen (secondary N) is 1. The lowest BCUT2D eigenvalue weighted by Crippen LogP contribution is -2.35. The monoisotopic (exact) mass is 381 g/mol. The van der Waals surface area contributed by atoms with E-state index in [0.717, 1.165) is 65.3 Å².